The van der Waals surface area contributed by atoms with Crippen molar-refractivity contribution in [2.24, 2.45) is 0 Å². The second kappa shape index (κ2) is 8.80. The molecule has 2 rings (SSSR count). The van der Waals surface area contributed by atoms with Crippen LogP contribution in [0, 0.1) is 5.82 Å². The Labute approximate surface area is 151 Å². The Morgan fingerprint density at radius 3 is 2.96 bits per heavy atom. The molecule has 1 aromatic carbocycles. The summed E-state index contributed by atoms with van der Waals surface area (Å²) in [5, 5.41) is 19.6. The molecule has 2 atom stereocenters. The van der Waals surface area contributed by atoms with Crippen LogP contribution in [0.3, 0.4) is 0 Å². The highest BCUT2D eigenvalue weighted by molar-refractivity contribution is 6.30. The summed E-state index contributed by atoms with van der Waals surface area (Å²) in [6, 6.07) is 4.41. The van der Waals surface area contributed by atoms with E-state index in [-0.39, 0.29) is 23.1 Å². The molecule has 140 valence electrons. The zero-order chi connectivity index (χ0) is 18.4. The number of ether oxygens (including phenoxy) is 2. The van der Waals surface area contributed by atoms with Crippen molar-refractivity contribution in [2.45, 2.75) is 37.6 Å². The van der Waals surface area contributed by atoms with Gasteiger partial charge in [0.15, 0.2) is 5.79 Å². The molecule has 0 spiro atoms. The van der Waals surface area contributed by atoms with E-state index < -0.39 is 17.7 Å². The first-order valence-electron chi connectivity index (χ1n) is 8.19. The summed E-state index contributed by atoms with van der Waals surface area (Å²) in [7, 11) is 1.31. The van der Waals surface area contributed by atoms with Crippen LogP contribution in [-0.2, 0) is 15.3 Å². The molecule has 8 heteroatoms. The van der Waals surface area contributed by atoms with Gasteiger partial charge in [0.25, 0.3) is 0 Å². The molecular formula is C17H23ClFNO5. The second-order valence-electron chi connectivity index (χ2n) is 6.06. The van der Waals surface area contributed by atoms with E-state index >= 15 is 0 Å². The standard InChI is InChI=1S/C17H23ClFNO5/c1-24-17(23,13-6-4-7-14(18)15(13)19)8-3-2-5-12-11-20(16(21)22)9-10-25-12/h4,6-7,12,23H,2-3,5,8-11H2,1H3,(H,21,22). The molecule has 0 bridgehead atoms. The summed E-state index contributed by atoms with van der Waals surface area (Å²) < 4.78 is 24.8. The number of carbonyl (C=O) groups is 1. The first kappa shape index (κ1) is 19.9. The number of benzene rings is 1. The second-order valence-corrected chi connectivity index (χ2v) is 6.46. The van der Waals surface area contributed by atoms with Crippen LogP contribution >= 0.6 is 11.6 Å². The lowest BCUT2D eigenvalue weighted by Crippen LogP contribution is -2.45. The fraction of sp³-hybridized carbons (Fsp3) is 0.588. The molecule has 2 N–H and O–H groups in total. The summed E-state index contributed by atoms with van der Waals surface area (Å²) in [4.78, 5) is 12.3. The topological polar surface area (TPSA) is 79.2 Å². The number of unbranched alkanes of at least 4 members (excludes halogenated alkanes) is 1. The molecule has 0 aromatic heterocycles. The monoisotopic (exact) mass is 375 g/mol. The molecule has 1 saturated heterocycles. The van der Waals surface area contributed by atoms with Gasteiger partial charge in [-0.15, -0.1) is 0 Å². The normalized spacial score (nSPS) is 20.3. The van der Waals surface area contributed by atoms with Crippen LogP contribution in [0.25, 0.3) is 0 Å². The van der Waals surface area contributed by atoms with E-state index in [0.717, 1.165) is 0 Å². The third-order valence-corrected chi connectivity index (χ3v) is 4.70. The third kappa shape index (κ3) is 5.04. The maximum Gasteiger partial charge on any atom is 0.407 e. The van der Waals surface area contributed by atoms with Gasteiger partial charge in [-0.05, 0) is 18.9 Å². The van der Waals surface area contributed by atoms with Crippen LogP contribution in [0.1, 0.15) is 31.2 Å². The quantitative estimate of drug-likeness (QED) is 0.565. The van der Waals surface area contributed by atoms with Crippen molar-refractivity contribution in [1.82, 2.24) is 4.90 Å². The van der Waals surface area contributed by atoms with Crippen LogP contribution in [0.5, 0.6) is 0 Å². The summed E-state index contributed by atoms with van der Waals surface area (Å²) in [5.41, 5.74) is 0.00784. The Morgan fingerprint density at radius 1 is 1.52 bits per heavy atom. The van der Waals surface area contributed by atoms with Gasteiger partial charge >= 0.3 is 6.09 Å². The molecule has 1 fully saturated rings. The van der Waals surface area contributed by atoms with Crippen molar-refractivity contribution in [3.63, 3.8) is 0 Å². The number of nitrogens with zero attached hydrogens (tertiary/aromatic N) is 1. The number of hydrogen-bond donors (Lipinski definition) is 2. The maximum absolute atomic E-state index is 14.1. The van der Waals surface area contributed by atoms with Gasteiger partial charge in [-0.25, -0.2) is 9.18 Å². The molecular weight excluding hydrogens is 353 g/mol. The van der Waals surface area contributed by atoms with Gasteiger partial charge < -0.3 is 24.6 Å². The van der Waals surface area contributed by atoms with Crippen LogP contribution in [-0.4, -0.2) is 54.1 Å². The highest BCUT2D eigenvalue weighted by atomic mass is 35.5. The number of rotatable bonds is 7. The number of aliphatic hydroxyl groups is 1. The van der Waals surface area contributed by atoms with Crippen LogP contribution in [0.2, 0.25) is 5.02 Å². The number of methoxy groups -OCH3 is 1. The highest BCUT2D eigenvalue weighted by Gasteiger charge is 2.32. The average molecular weight is 376 g/mol. The van der Waals surface area contributed by atoms with Gasteiger partial charge in [-0.2, -0.15) is 0 Å². The number of morpholine rings is 1. The molecule has 1 aliphatic heterocycles. The van der Waals surface area contributed by atoms with E-state index in [1.54, 1.807) is 6.07 Å². The van der Waals surface area contributed by atoms with Gasteiger partial charge in [-0.1, -0.05) is 30.2 Å². The van der Waals surface area contributed by atoms with Crippen molar-refractivity contribution >= 4 is 17.7 Å². The van der Waals surface area contributed by atoms with E-state index in [2.05, 4.69) is 0 Å². The van der Waals surface area contributed by atoms with Crippen LogP contribution in [0.4, 0.5) is 9.18 Å². The summed E-state index contributed by atoms with van der Waals surface area (Å²) in [6.45, 7) is 1.10. The smallest absolute Gasteiger partial charge is 0.407 e. The summed E-state index contributed by atoms with van der Waals surface area (Å²) in [5.74, 6) is -2.45. The zero-order valence-electron chi connectivity index (χ0n) is 14.1. The van der Waals surface area contributed by atoms with Crippen LogP contribution < -0.4 is 0 Å². The Hall–Kier alpha value is -1.41. The van der Waals surface area contributed by atoms with Gasteiger partial charge in [0.05, 0.1) is 24.3 Å². The molecule has 2 unspecified atom stereocenters. The fourth-order valence-electron chi connectivity index (χ4n) is 2.96. The van der Waals surface area contributed by atoms with E-state index in [4.69, 9.17) is 26.2 Å². The van der Waals surface area contributed by atoms with Crippen molar-refractivity contribution in [3.05, 3.63) is 34.6 Å². The van der Waals surface area contributed by atoms with Gasteiger partial charge in [-0.3, -0.25) is 0 Å². The SMILES string of the molecule is COC(O)(CCCCC1CN(C(=O)O)CCO1)c1cccc(Cl)c1F. The Bertz CT molecular complexity index is 602. The summed E-state index contributed by atoms with van der Waals surface area (Å²) >= 11 is 5.77. The minimum absolute atomic E-state index is 0.00784. The van der Waals surface area contributed by atoms with Crippen LogP contribution in [0.15, 0.2) is 18.2 Å². The number of halogens is 2. The molecule has 25 heavy (non-hydrogen) atoms. The van der Waals surface area contributed by atoms with Crippen molar-refractivity contribution in [3.8, 4) is 0 Å². The van der Waals surface area contributed by atoms with Crippen molar-refractivity contribution in [2.75, 3.05) is 26.8 Å². The molecule has 0 saturated carbocycles. The van der Waals surface area contributed by atoms with Crippen molar-refractivity contribution < 1.29 is 28.9 Å². The number of amides is 1. The predicted molar refractivity (Wildman–Crippen MR) is 90.1 cm³/mol. The van der Waals surface area contributed by atoms with Crippen molar-refractivity contribution in [1.29, 1.82) is 0 Å². The minimum atomic E-state index is -1.75. The minimum Gasteiger partial charge on any atom is -0.465 e. The first-order valence-corrected chi connectivity index (χ1v) is 8.56. The molecule has 0 aliphatic carbocycles. The number of hydrogen-bond acceptors (Lipinski definition) is 4. The summed E-state index contributed by atoms with van der Waals surface area (Å²) in [6.07, 6.45) is 0.981. The molecule has 6 nitrogen and oxygen atoms in total. The Kier molecular flexibility index (Phi) is 7.01. The lowest BCUT2D eigenvalue weighted by molar-refractivity contribution is -0.201. The highest BCUT2D eigenvalue weighted by Crippen LogP contribution is 2.33. The molecule has 1 heterocycles. The van der Waals surface area contributed by atoms with Gasteiger partial charge in [0, 0.05) is 25.6 Å². The lowest BCUT2D eigenvalue weighted by atomic mass is 9.97. The first-order chi connectivity index (χ1) is 11.9. The van der Waals surface area contributed by atoms with E-state index in [0.29, 0.717) is 39.0 Å². The maximum atomic E-state index is 14.1. The van der Waals surface area contributed by atoms with Gasteiger partial charge in [0.1, 0.15) is 5.82 Å². The largest absolute Gasteiger partial charge is 0.465 e. The van der Waals surface area contributed by atoms with E-state index in [1.165, 1.54) is 24.1 Å². The fourth-order valence-corrected chi connectivity index (χ4v) is 3.13. The van der Waals surface area contributed by atoms with E-state index in [1.807, 2.05) is 0 Å². The Balaban J connectivity index is 1.86. The lowest BCUT2D eigenvalue weighted by Gasteiger charge is -2.31. The zero-order valence-corrected chi connectivity index (χ0v) is 14.8. The molecule has 1 aliphatic rings. The Morgan fingerprint density at radius 2 is 2.28 bits per heavy atom. The van der Waals surface area contributed by atoms with E-state index in [9.17, 15) is 14.3 Å². The molecule has 1 aromatic rings. The average Bonchev–Trinajstić information content (AvgIpc) is 2.61. The molecule has 0 radical (unpaired) electrons. The molecule has 1 amide bonds. The number of carboxylic acid groups (broad SMARTS) is 1. The predicted octanol–water partition coefficient (Wildman–Crippen LogP) is 3.21. The van der Waals surface area contributed by atoms with Gasteiger partial charge in [0.2, 0.25) is 0 Å². The third-order valence-electron chi connectivity index (χ3n) is 4.41.